The Morgan fingerprint density at radius 2 is 1.43 bits per heavy atom. The summed E-state index contributed by atoms with van der Waals surface area (Å²) in [4.78, 5) is -0.132. The third kappa shape index (κ3) is 4.90. The van der Waals surface area contributed by atoms with Gasteiger partial charge < -0.3 is 0 Å². The monoisotopic (exact) mass is 431 g/mol. The van der Waals surface area contributed by atoms with Crippen LogP contribution in [0.25, 0.3) is 0 Å². The van der Waals surface area contributed by atoms with E-state index >= 15 is 0 Å². The molecule has 154 valence electrons. The molecule has 0 spiro atoms. The molecular weight excluding hydrogens is 407 g/mol. The lowest BCUT2D eigenvalue weighted by molar-refractivity contribution is -0.151. The lowest BCUT2D eigenvalue weighted by Gasteiger charge is -2.28. The first-order chi connectivity index (χ1) is 12.7. The Hall–Kier alpha value is -1.51. The predicted octanol–water partition coefficient (Wildman–Crippen LogP) is 5.11. The van der Waals surface area contributed by atoms with Crippen LogP contribution in [0.1, 0.15) is 38.6 Å². The Labute approximate surface area is 169 Å². The Morgan fingerprint density at radius 3 is 1.89 bits per heavy atom. The molecule has 0 aromatic heterocycles. The first-order valence-corrected chi connectivity index (χ1v) is 10.7. The number of thiol groups is 1. The molecule has 0 saturated carbocycles. The number of rotatable bonds is 5. The van der Waals surface area contributed by atoms with E-state index in [0.29, 0.717) is 16.7 Å². The third-order valence-electron chi connectivity index (χ3n) is 4.70. The lowest BCUT2D eigenvalue weighted by Crippen LogP contribution is -2.48. The summed E-state index contributed by atoms with van der Waals surface area (Å²) in [5.74, 6) is 0. The zero-order chi connectivity index (χ0) is 21.4. The van der Waals surface area contributed by atoms with Gasteiger partial charge in [0.15, 0.2) is 0 Å². The number of benzene rings is 2. The van der Waals surface area contributed by atoms with Crippen LogP contribution in [0.4, 0.5) is 13.2 Å². The van der Waals surface area contributed by atoms with E-state index in [2.05, 4.69) is 12.6 Å². The van der Waals surface area contributed by atoms with Crippen LogP contribution in [0, 0.1) is 34.6 Å². The van der Waals surface area contributed by atoms with Gasteiger partial charge in [-0.15, -0.1) is 0 Å². The molecule has 0 aliphatic heterocycles. The molecular formula is C20H24F3NO2S2. The highest BCUT2D eigenvalue weighted by Crippen LogP contribution is 2.36. The molecule has 0 amide bonds. The molecule has 0 bridgehead atoms. The summed E-state index contributed by atoms with van der Waals surface area (Å²) in [6.07, 6.45) is -4.81. The van der Waals surface area contributed by atoms with E-state index in [9.17, 15) is 21.6 Å². The van der Waals surface area contributed by atoms with E-state index in [4.69, 9.17) is 0 Å². The van der Waals surface area contributed by atoms with E-state index in [1.165, 1.54) is 6.07 Å². The van der Waals surface area contributed by atoms with E-state index in [-0.39, 0.29) is 4.90 Å². The van der Waals surface area contributed by atoms with Crippen molar-refractivity contribution in [2.75, 3.05) is 0 Å². The molecule has 0 heterocycles. The number of hydrogen-bond donors (Lipinski definition) is 2. The largest absolute Gasteiger partial charge is 0.406 e. The molecule has 2 atom stereocenters. The van der Waals surface area contributed by atoms with Gasteiger partial charge in [0, 0.05) is 0 Å². The van der Waals surface area contributed by atoms with E-state index in [1.54, 1.807) is 52.0 Å². The summed E-state index contributed by atoms with van der Waals surface area (Å²) in [5, 5.41) is -1.39. The molecule has 8 heteroatoms. The second kappa shape index (κ2) is 8.08. The average molecular weight is 432 g/mol. The molecule has 0 aliphatic carbocycles. The van der Waals surface area contributed by atoms with Gasteiger partial charge in [-0.1, -0.05) is 35.9 Å². The molecule has 0 saturated heterocycles. The summed E-state index contributed by atoms with van der Waals surface area (Å²) in [6.45, 7) is 8.56. The highest BCUT2D eigenvalue weighted by molar-refractivity contribution is 7.89. The first kappa shape index (κ1) is 22.8. The van der Waals surface area contributed by atoms with Gasteiger partial charge in [0.2, 0.25) is 10.0 Å². The van der Waals surface area contributed by atoms with Gasteiger partial charge in [0.25, 0.3) is 0 Å². The van der Waals surface area contributed by atoms with Crippen molar-refractivity contribution in [3.8, 4) is 0 Å². The molecule has 0 fully saturated rings. The van der Waals surface area contributed by atoms with Gasteiger partial charge in [-0.25, -0.2) is 8.42 Å². The fraction of sp³-hybridized carbons (Fsp3) is 0.400. The van der Waals surface area contributed by atoms with Gasteiger partial charge in [-0.2, -0.15) is 30.5 Å². The maximum atomic E-state index is 13.8. The smallest absolute Gasteiger partial charge is 0.207 e. The summed E-state index contributed by atoms with van der Waals surface area (Å²) >= 11 is 4.14. The SMILES string of the molecule is Cc1cc(C)c(S(=O)(=O)NC(C(S)c2ccc(C)c(C)c2)C(F)(F)F)c(C)c1. The highest BCUT2D eigenvalue weighted by Gasteiger charge is 2.47. The van der Waals surface area contributed by atoms with Crippen LogP contribution in [-0.2, 0) is 10.0 Å². The van der Waals surface area contributed by atoms with Gasteiger partial charge in [0.1, 0.15) is 6.04 Å². The highest BCUT2D eigenvalue weighted by atomic mass is 32.2. The summed E-state index contributed by atoms with van der Waals surface area (Å²) in [6, 6.07) is 5.72. The molecule has 2 aromatic rings. The van der Waals surface area contributed by atoms with E-state index in [0.717, 1.165) is 16.7 Å². The zero-order valence-electron chi connectivity index (χ0n) is 16.3. The topological polar surface area (TPSA) is 46.2 Å². The maximum absolute atomic E-state index is 13.8. The van der Waals surface area contributed by atoms with Crippen molar-refractivity contribution >= 4 is 22.7 Å². The van der Waals surface area contributed by atoms with Crippen LogP contribution in [0.3, 0.4) is 0 Å². The lowest BCUT2D eigenvalue weighted by atomic mass is 10.0. The maximum Gasteiger partial charge on any atom is 0.406 e. The summed E-state index contributed by atoms with van der Waals surface area (Å²) in [7, 11) is -4.41. The Morgan fingerprint density at radius 1 is 0.893 bits per heavy atom. The molecule has 2 unspecified atom stereocenters. The molecule has 1 N–H and O–H groups in total. The van der Waals surface area contributed by atoms with Crippen LogP contribution >= 0.6 is 12.6 Å². The Balaban J connectivity index is 2.49. The number of hydrogen-bond acceptors (Lipinski definition) is 3. The quantitative estimate of drug-likeness (QED) is 0.647. The Bertz CT molecular complexity index is 962. The van der Waals surface area contributed by atoms with Crippen molar-refractivity contribution < 1.29 is 21.6 Å². The van der Waals surface area contributed by atoms with Crippen LogP contribution in [0.5, 0.6) is 0 Å². The minimum atomic E-state index is -4.81. The second-order valence-corrected chi connectivity index (χ2v) is 9.36. The number of halogens is 3. The van der Waals surface area contributed by atoms with Gasteiger partial charge >= 0.3 is 6.18 Å². The minimum absolute atomic E-state index is 0.132. The average Bonchev–Trinajstić information content (AvgIpc) is 2.52. The normalized spacial score (nSPS) is 14.8. The predicted molar refractivity (Wildman–Crippen MR) is 108 cm³/mol. The van der Waals surface area contributed by atoms with E-state index in [1.807, 2.05) is 11.6 Å². The van der Waals surface area contributed by atoms with Crippen molar-refractivity contribution in [3.63, 3.8) is 0 Å². The minimum Gasteiger partial charge on any atom is -0.207 e. The zero-order valence-corrected chi connectivity index (χ0v) is 18.1. The van der Waals surface area contributed by atoms with Gasteiger partial charge in [-0.3, -0.25) is 0 Å². The molecule has 3 nitrogen and oxygen atoms in total. The van der Waals surface area contributed by atoms with Crippen LogP contribution in [0.15, 0.2) is 35.2 Å². The molecule has 2 aromatic carbocycles. The van der Waals surface area contributed by atoms with Crippen molar-refractivity contribution in [1.82, 2.24) is 4.72 Å². The fourth-order valence-electron chi connectivity index (χ4n) is 3.27. The van der Waals surface area contributed by atoms with Crippen molar-refractivity contribution in [2.24, 2.45) is 0 Å². The summed E-state index contributed by atoms with van der Waals surface area (Å²) < 4.78 is 68.9. The molecule has 0 radical (unpaired) electrons. The standard InChI is InChI=1S/C20H24F3NO2S2/c1-11-8-14(4)18(15(5)9-11)28(25,26)24-19(20(21,22)23)17(27)16-7-6-12(2)13(3)10-16/h6-10,17,19,24,27H,1-5H3. The first-order valence-electron chi connectivity index (χ1n) is 8.66. The third-order valence-corrected chi connectivity index (χ3v) is 7.04. The van der Waals surface area contributed by atoms with Gasteiger partial charge in [-0.05, 0) is 62.4 Å². The number of alkyl halides is 3. The molecule has 2 rings (SSSR count). The van der Waals surface area contributed by atoms with E-state index < -0.39 is 27.5 Å². The van der Waals surface area contributed by atoms with Crippen LogP contribution < -0.4 is 4.72 Å². The Kier molecular flexibility index (Phi) is 6.57. The van der Waals surface area contributed by atoms with Crippen molar-refractivity contribution in [1.29, 1.82) is 0 Å². The van der Waals surface area contributed by atoms with Crippen molar-refractivity contribution in [3.05, 3.63) is 63.7 Å². The van der Waals surface area contributed by atoms with Gasteiger partial charge in [0.05, 0.1) is 10.1 Å². The van der Waals surface area contributed by atoms with Crippen LogP contribution in [0.2, 0.25) is 0 Å². The molecule has 0 aliphatic rings. The number of nitrogens with one attached hydrogen (secondary N) is 1. The second-order valence-electron chi connectivity index (χ2n) is 7.16. The molecule has 28 heavy (non-hydrogen) atoms. The van der Waals surface area contributed by atoms with Crippen molar-refractivity contribution in [2.45, 2.75) is 57.0 Å². The van der Waals surface area contributed by atoms with Crippen LogP contribution in [-0.4, -0.2) is 20.6 Å². The summed E-state index contributed by atoms with van der Waals surface area (Å²) in [5.41, 5.74) is 3.67. The fourth-order valence-corrected chi connectivity index (χ4v) is 5.46. The number of sulfonamides is 1. The number of aryl methyl sites for hydroxylation is 5.